The Morgan fingerprint density at radius 2 is 2.23 bits per heavy atom. The van der Waals surface area contributed by atoms with Gasteiger partial charge in [0.25, 0.3) is 5.91 Å². The van der Waals surface area contributed by atoms with Crippen LogP contribution in [0.4, 0.5) is 5.69 Å². The van der Waals surface area contributed by atoms with Crippen LogP contribution in [-0.4, -0.2) is 27.6 Å². The van der Waals surface area contributed by atoms with E-state index in [0.717, 1.165) is 0 Å². The van der Waals surface area contributed by atoms with E-state index in [-0.39, 0.29) is 17.6 Å². The molecular formula is C15H16N4O3. The minimum absolute atomic E-state index is 0.0639. The van der Waals surface area contributed by atoms with Gasteiger partial charge >= 0.3 is 5.84 Å². The van der Waals surface area contributed by atoms with Crippen LogP contribution in [0.25, 0.3) is 5.84 Å². The Balaban J connectivity index is 1.94. The van der Waals surface area contributed by atoms with Crippen LogP contribution in [0.1, 0.15) is 36.0 Å². The number of nitrogens with zero attached hydrogens (tertiary/aromatic N) is 3. The molecule has 22 heavy (non-hydrogen) atoms. The van der Waals surface area contributed by atoms with Crippen molar-refractivity contribution in [2.45, 2.75) is 19.8 Å². The smallest absolute Gasteiger partial charge is 0.325 e. The number of carbonyl (C=O) groups excluding carboxylic acids is 1. The van der Waals surface area contributed by atoms with Crippen molar-refractivity contribution in [3.8, 4) is 5.75 Å². The number of rotatable bonds is 4. The van der Waals surface area contributed by atoms with Gasteiger partial charge in [-0.25, -0.2) is 0 Å². The maximum atomic E-state index is 12.5. The van der Waals surface area contributed by atoms with Gasteiger partial charge in [-0.15, -0.1) is 0 Å². The Labute approximate surface area is 126 Å². The van der Waals surface area contributed by atoms with Gasteiger partial charge in [0, 0.05) is 11.8 Å². The number of benzene rings is 1. The zero-order chi connectivity index (χ0) is 15.7. The number of methoxy groups -OCH3 is 1. The number of ether oxygens (including phenoxy) is 1. The maximum Gasteiger partial charge on any atom is 0.325 e. The molecule has 7 nitrogen and oxygen atoms in total. The van der Waals surface area contributed by atoms with Crippen LogP contribution in [0.15, 0.2) is 35.0 Å². The first-order chi connectivity index (χ1) is 10.6. The molecule has 2 aromatic heterocycles. The van der Waals surface area contributed by atoms with Gasteiger partial charge in [0.1, 0.15) is 12.1 Å². The first kappa shape index (κ1) is 14.1. The van der Waals surface area contributed by atoms with Gasteiger partial charge < -0.3 is 14.5 Å². The molecule has 0 aliphatic heterocycles. The first-order valence-corrected chi connectivity index (χ1v) is 6.88. The molecule has 3 rings (SSSR count). The van der Waals surface area contributed by atoms with Gasteiger partial charge in [0.05, 0.1) is 12.8 Å². The van der Waals surface area contributed by atoms with Crippen LogP contribution in [0, 0.1) is 0 Å². The number of nitrogens with one attached hydrogen (secondary N) is 1. The van der Waals surface area contributed by atoms with Crippen molar-refractivity contribution in [2.75, 3.05) is 12.4 Å². The molecule has 0 saturated carbocycles. The summed E-state index contributed by atoms with van der Waals surface area (Å²) in [7, 11) is 1.57. The number of hydrogen-bond donors (Lipinski definition) is 1. The number of aromatic nitrogens is 3. The number of hydrogen-bond acceptors (Lipinski definition) is 5. The topological polar surface area (TPSA) is 81.7 Å². The third-order valence-electron chi connectivity index (χ3n) is 3.25. The Morgan fingerprint density at radius 3 is 2.95 bits per heavy atom. The second kappa shape index (κ2) is 5.51. The maximum absolute atomic E-state index is 12.5. The molecule has 0 bridgehead atoms. The molecule has 3 aromatic rings. The Hall–Kier alpha value is -2.83. The minimum Gasteiger partial charge on any atom is -0.497 e. The summed E-state index contributed by atoms with van der Waals surface area (Å²) in [6.07, 6.45) is 1.40. The first-order valence-electron chi connectivity index (χ1n) is 6.88. The van der Waals surface area contributed by atoms with E-state index in [1.54, 1.807) is 35.9 Å². The summed E-state index contributed by atoms with van der Waals surface area (Å²) in [6, 6.07) is 7.12. The quantitative estimate of drug-likeness (QED) is 0.801. The van der Waals surface area contributed by atoms with E-state index in [4.69, 9.17) is 9.15 Å². The fraction of sp³-hybridized carbons (Fsp3) is 0.267. The van der Waals surface area contributed by atoms with Crippen LogP contribution in [-0.2, 0) is 0 Å². The molecule has 0 unspecified atom stereocenters. The zero-order valence-corrected chi connectivity index (χ0v) is 12.5. The van der Waals surface area contributed by atoms with Gasteiger partial charge in [-0.1, -0.05) is 19.9 Å². The van der Waals surface area contributed by atoms with E-state index in [9.17, 15) is 4.79 Å². The van der Waals surface area contributed by atoms with Gasteiger partial charge in [-0.3, -0.25) is 4.79 Å². The third kappa shape index (κ3) is 2.41. The van der Waals surface area contributed by atoms with Crippen molar-refractivity contribution >= 4 is 17.4 Å². The highest BCUT2D eigenvalue weighted by atomic mass is 16.5. The van der Waals surface area contributed by atoms with Crippen molar-refractivity contribution in [3.05, 3.63) is 42.0 Å². The summed E-state index contributed by atoms with van der Waals surface area (Å²) in [5.74, 6) is 0.906. The fourth-order valence-corrected chi connectivity index (χ4v) is 2.26. The number of amides is 1. The molecule has 7 heteroatoms. The Morgan fingerprint density at radius 1 is 1.41 bits per heavy atom. The van der Waals surface area contributed by atoms with Crippen LogP contribution < -0.4 is 10.1 Å². The van der Waals surface area contributed by atoms with Crippen LogP contribution in [0.3, 0.4) is 0 Å². The molecule has 0 fully saturated rings. The number of oxazole rings is 1. The van der Waals surface area contributed by atoms with Gasteiger partial charge in [-0.2, -0.15) is 14.6 Å². The third-order valence-corrected chi connectivity index (χ3v) is 3.25. The standard InChI is InChI=1S/C15H16N4O3/c1-9(2)12-13(22-15-16-8-17-19(12)15)14(20)18-10-5-4-6-11(7-10)21-3/h4-9H,1-3H3,(H,18,20). The minimum atomic E-state index is -0.343. The summed E-state index contributed by atoms with van der Waals surface area (Å²) in [4.78, 5) is 16.5. The van der Waals surface area contributed by atoms with E-state index < -0.39 is 0 Å². The van der Waals surface area contributed by atoms with Gasteiger partial charge in [0.2, 0.25) is 5.76 Å². The lowest BCUT2D eigenvalue weighted by molar-refractivity contribution is 0.0996. The molecule has 1 aromatic carbocycles. The normalized spacial score (nSPS) is 11.1. The molecule has 1 N–H and O–H groups in total. The highest BCUT2D eigenvalue weighted by molar-refractivity contribution is 6.03. The van der Waals surface area contributed by atoms with Crippen molar-refractivity contribution in [2.24, 2.45) is 0 Å². The van der Waals surface area contributed by atoms with Gasteiger partial charge in [0.15, 0.2) is 0 Å². The summed E-state index contributed by atoms with van der Waals surface area (Å²) >= 11 is 0. The van der Waals surface area contributed by atoms with Crippen molar-refractivity contribution in [1.82, 2.24) is 14.6 Å². The molecule has 114 valence electrons. The van der Waals surface area contributed by atoms with Crippen molar-refractivity contribution in [1.29, 1.82) is 0 Å². The SMILES string of the molecule is COc1cccc(NC(=O)c2oc3ncnn3c2C(C)C)c1. The van der Waals surface area contributed by atoms with E-state index in [2.05, 4.69) is 15.4 Å². The van der Waals surface area contributed by atoms with E-state index in [1.807, 2.05) is 13.8 Å². The average molecular weight is 300 g/mol. The summed E-state index contributed by atoms with van der Waals surface area (Å²) < 4.78 is 12.2. The largest absolute Gasteiger partial charge is 0.497 e. The van der Waals surface area contributed by atoms with Crippen molar-refractivity contribution in [3.63, 3.8) is 0 Å². The predicted molar refractivity (Wildman–Crippen MR) is 80.3 cm³/mol. The highest BCUT2D eigenvalue weighted by Crippen LogP contribution is 2.24. The molecule has 1 amide bonds. The lowest BCUT2D eigenvalue weighted by Gasteiger charge is -2.08. The summed E-state index contributed by atoms with van der Waals surface area (Å²) in [6.45, 7) is 3.93. The van der Waals surface area contributed by atoms with Crippen molar-refractivity contribution < 1.29 is 13.9 Å². The molecule has 0 aliphatic carbocycles. The Kier molecular flexibility index (Phi) is 3.54. The molecule has 2 heterocycles. The zero-order valence-electron chi connectivity index (χ0n) is 12.5. The number of carbonyl (C=O) groups is 1. The Bertz CT molecular complexity index is 819. The molecule has 0 saturated heterocycles. The molecule has 0 aliphatic rings. The number of anilines is 1. The summed E-state index contributed by atoms with van der Waals surface area (Å²) in [5, 5.41) is 6.89. The van der Waals surface area contributed by atoms with E-state index in [0.29, 0.717) is 23.0 Å². The molecule has 0 atom stereocenters. The summed E-state index contributed by atoms with van der Waals surface area (Å²) in [5.41, 5.74) is 1.31. The fourth-order valence-electron chi connectivity index (χ4n) is 2.26. The monoisotopic (exact) mass is 300 g/mol. The molecular weight excluding hydrogens is 284 g/mol. The highest BCUT2D eigenvalue weighted by Gasteiger charge is 2.24. The average Bonchev–Trinajstić information content (AvgIpc) is 3.07. The predicted octanol–water partition coefficient (Wildman–Crippen LogP) is 2.71. The molecule has 0 spiro atoms. The van der Waals surface area contributed by atoms with E-state index >= 15 is 0 Å². The second-order valence-electron chi connectivity index (χ2n) is 5.11. The van der Waals surface area contributed by atoms with Crippen LogP contribution in [0.2, 0.25) is 0 Å². The van der Waals surface area contributed by atoms with Gasteiger partial charge in [-0.05, 0) is 18.1 Å². The van der Waals surface area contributed by atoms with Crippen LogP contribution in [0.5, 0.6) is 5.75 Å². The lowest BCUT2D eigenvalue weighted by Crippen LogP contribution is -2.14. The van der Waals surface area contributed by atoms with E-state index in [1.165, 1.54) is 6.33 Å². The second-order valence-corrected chi connectivity index (χ2v) is 5.11. The number of fused-ring (bicyclic) bond motifs is 1. The van der Waals surface area contributed by atoms with Crippen LogP contribution >= 0.6 is 0 Å². The lowest BCUT2D eigenvalue weighted by atomic mass is 10.1. The molecule has 0 radical (unpaired) electrons.